The van der Waals surface area contributed by atoms with Gasteiger partial charge in [-0.3, -0.25) is 4.79 Å². The van der Waals surface area contributed by atoms with Gasteiger partial charge >= 0.3 is 0 Å². The van der Waals surface area contributed by atoms with Gasteiger partial charge in [0.15, 0.2) is 0 Å². The lowest BCUT2D eigenvalue weighted by atomic mass is 9.97. The number of rotatable bonds is 4. The van der Waals surface area contributed by atoms with Crippen LogP contribution in [0.15, 0.2) is 64.8 Å². The van der Waals surface area contributed by atoms with Gasteiger partial charge in [0, 0.05) is 15.2 Å². The van der Waals surface area contributed by atoms with Gasteiger partial charge in [0.2, 0.25) is 0 Å². The number of benzene rings is 2. The summed E-state index contributed by atoms with van der Waals surface area (Å²) in [6.45, 7) is 0. The molecule has 0 saturated heterocycles. The quantitative estimate of drug-likeness (QED) is 0.393. The number of amides is 1. The first-order valence-electron chi connectivity index (χ1n) is 9.79. The van der Waals surface area contributed by atoms with Gasteiger partial charge in [-0.15, -0.1) is 11.3 Å². The van der Waals surface area contributed by atoms with Crippen LogP contribution in [0.2, 0.25) is 0 Å². The summed E-state index contributed by atoms with van der Waals surface area (Å²) >= 11 is 3.27. The lowest BCUT2D eigenvalue weighted by Gasteiger charge is -2.13. The number of halogens is 1. The second-order valence-electron chi connectivity index (χ2n) is 7.10. The SMILES string of the molecule is O=C(Nc1ccccc1Sc1ncnc2sc3c(c12)CCCC3)c1ccccc1F. The van der Waals surface area contributed by atoms with Crippen LogP contribution >= 0.6 is 23.1 Å². The topological polar surface area (TPSA) is 54.9 Å². The molecule has 1 N–H and O–H groups in total. The van der Waals surface area contributed by atoms with Crippen LogP contribution in [0.4, 0.5) is 10.1 Å². The number of carbonyl (C=O) groups is 1. The van der Waals surface area contributed by atoms with Crippen molar-refractivity contribution in [3.8, 4) is 0 Å². The van der Waals surface area contributed by atoms with Crippen LogP contribution in [0.1, 0.15) is 33.6 Å². The molecular weight excluding hydrogens is 417 g/mol. The summed E-state index contributed by atoms with van der Waals surface area (Å²) in [5, 5.41) is 4.88. The fourth-order valence-corrected chi connectivity index (χ4v) is 6.04. The third-order valence-electron chi connectivity index (χ3n) is 5.18. The highest BCUT2D eigenvalue weighted by molar-refractivity contribution is 7.99. The Labute approximate surface area is 181 Å². The van der Waals surface area contributed by atoms with Gasteiger partial charge in [-0.2, -0.15) is 0 Å². The second-order valence-corrected chi connectivity index (χ2v) is 9.22. The summed E-state index contributed by atoms with van der Waals surface area (Å²) in [5.74, 6) is -1.01. The monoisotopic (exact) mass is 435 g/mol. The van der Waals surface area contributed by atoms with Crippen molar-refractivity contribution in [2.75, 3.05) is 5.32 Å². The van der Waals surface area contributed by atoms with Gasteiger partial charge in [-0.1, -0.05) is 36.0 Å². The minimum atomic E-state index is -0.539. The normalized spacial score (nSPS) is 13.2. The number of fused-ring (bicyclic) bond motifs is 3. The molecule has 0 saturated carbocycles. The fraction of sp³-hybridized carbons (Fsp3) is 0.174. The fourth-order valence-electron chi connectivity index (χ4n) is 3.74. The molecule has 2 heterocycles. The maximum absolute atomic E-state index is 14.0. The van der Waals surface area contributed by atoms with E-state index in [1.807, 2.05) is 24.3 Å². The Morgan fingerprint density at radius 3 is 2.73 bits per heavy atom. The van der Waals surface area contributed by atoms with E-state index in [2.05, 4.69) is 15.3 Å². The molecule has 4 nitrogen and oxygen atoms in total. The maximum Gasteiger partial charge on any atom is 0.258 e. The van der Waals surface area contributed by atoms with Gasteiger partial charge in [-0.25, -0.2) is 14.4 Å². The molecule has 1 aliphatic rings. The van der Waals surface area contributed by atoms with Crippen molar-refractivity contribution >= 4 is 44.9 Å². The molecular formula is C23H18FN3OS2. The van der Waals surface area contributed by atoms with Crippen molar-refractivity contribution in [1.82, 2.24) is 9.97 Å². The van der Waals surface area contributed by atoms with Crippen molar-refractivity contribution in [3.05, 3.63) is 76.7 Å². The van der Waals surface area contributed by atoms with Crippen LogP contribution in [0.3, 0.4) is 0 Å². The van der Waals surface area contributed by atoms with E-state index in [-0.39, 0.29) is 5.56 Å². The third-order valence-corrected chi connectivity index (χ3v) is 7.46. The van der Waals surface area contributed by atoms with Gasteiger partial charge < -0.3 is 5.32 Å². The first-order valence-corrected chi connectivity index (χ1v) is 11.4. The van der Waals surface area contributed by atoms with E-state index in [9.17, 15) is 9.18 Å². The predicted octanol–water partition coefficient (Wildman–Crippen LogP) is 6.11. The van der Waals surface area contributed by atoms with E-state index < -0.39 is 11.7 Å². The van der Waals surface area contributed by atoms with Crippen molar-refractivity contribution in [2.45, 2.75) is 35.6 Å². The highest BCUT2D eigenvalue weighted by Crippen LogP contribution is 2.42. The number of nitrogens with zero attached hydrogens (tertiary/aromatic N) is 2. The Balaban J connectivity index is 1.49. The Morgan fingerprint density at radius 2 is 1.83 bits per heavy atom. The van der Waals surface area contributed by atoms with E-state index in [1.165, 1.54) is 47.2 Å². The van der Waals surface area contributed by atoms with E-state index in [4.69, 9.17) is 0 Å². The average molecular weight is 436 g/mol. The van der Waals surface area contributed by atoms with Gasteiger partial charge in [0.05, 0.1) is 11.3 Å². The first kappa shape index (κ1) is 19.2. The van der Waals surface area contributed by atoms with Crippen molar-refractivity contribution in [2.24, 2.45) is 0 Å². The van der Waals surface area contributed by atoms with Crippen LogP contribution < -0.4 is 5.32 Å². The van der Waals surface area contributed by atoms with Gasteiger partial charge in [0.25, 0.3) is 5.91 Å². The summed E-state index contributed by atoms with van der Waals surface area (Å²) in [6, 6.07) is 13.5. The maximum atomic E-state index is 14.0. The summed E-state index contributed by atoms with van der Waals surface area (Å²) in [4.78, 5) is 25.0. The number of aryl methyl sites for hydroxylation is 2. The molecule has 0 bridgehead atoms. The molecule has 0 spiro atoms. The zero-order valence-corrected chi connectivity index (χ0v) is 17.7. The zero-order valence-electron chi connectivity index (χ0n) is 16.0. The summed E-state index contributed by atoms with van der Waals surface area (Å²) < 4.78 is 14.0. The number of para-hydroxylation sites is 1. The first-order chi connectivity index (χ1) is 14.7. The molecule has 30 heavy (non-hydrogen) atoms. The number of thiophene rings is 1. The number of hydrogen-bond donors (Lipinski definition) is 1. The number of carbonyl (C=O) groups excluding carboxylic acids is 1. The molecule has 4 aromatic rings. The van der Waals surface area contributed by atoms with Crippen LogP contribution in [-0.2, 0) is 12.8 Å². The van der Waals surface area contributed by atoms with E-state index in [0.29, 0.717) is 5.69 Å². The number of anilines is 1. The molecule has 1 amide bonds. The smallest absolute Gasteiger partial charge is 0.258 e. The average Bonchev–Trinajstić information content (AvgIpc) is 3.15. The number of hydrogen-bond acceptors (Lipinski definition) is 5. The minimum Gasteiger partial charge on any atom is -0.321 e. The molecule has 5 rings (SSSR count). The van der Waals surface area contributed by atoms with E-state index in [0.717, 1.165) is 33.0 Å². The molecule has 2 aromatic heterocycles. The van der Waals surface area contributed by atoms with E-state index >= 15 is 0 Å². The van der Waals surface area contributed by atoms with Gasteiger partial charge in [-0.05, 0) is 55.5 Å². The molecule has 2 aromatic carbocycles. The largest absolute Gasteiger partial charge is 0.321 e. The molecule has 0 radical (unpaired) electrons. The van der Waals surface area contributed by atoms with Crippen molar-refractivity contribution < 1.29 is 9.18 Å². The van der Waals surface area contributed by atoms with Crippen LogP contribution in [0.5, 0.6) is 0 Å². The van der Waals surface area contributed by atoms with E-state index in [1.54, 1.807) is 29.8 Å². The molecule has 7 heteroatoms. The van der Waals surface area contributed by atoms with Crippen LogP contribution in [-0.4, -0.2) is 15.9 Å². The number of aromatic nitrogens is 2. The zero-order chi connectivity index (χ0) is 20.5. The minimum absolute atomic E-state index is 0.0219. The van der Waals surface area contributed by atoms with Crippen molar-refractivity contribution in [3.63, 3.8) is 0 Å². The highest BCUT2D eigenvalue weighted by atomic mass is 32.2. The molecule has 0 aliphatic heterocycles. The Morgan fingerprint density at radius 1 is 1.03 bits per heavy atom. The lowest BCUT2D eigenvalue weighted by molar-refractivity contribution is 0.102. The molecule has 1 aliphatic carbocycles. The van der Waals surface area contributed by atoms with Gasteiger partial charge in [0.1, 0.15) is 22.0 Å². The highest BCUT2D eigenvalue weighted by Gasteiger charge is 2.21. The standard InChI is InChI=1S/C23H18FN3OS2/c24-16-9-3-1-7-14(16)21(28)27-17-10-4-6-12-19(17)30-23-20-15-8-2-5-11-18(15)29-22(20)25-13-26-23/h1,3-4,6-7,9-10,12-13H,2,5,8,11H2,(H,27,28). The van der Waals surface area contributed by atoms with Crippen molar-refractivity contribution in [1.29, 1.82) is 0 Å². The summed E-state index contributed by atoms with van der Waals surface area (Å²) in [7, 11) is 0. The Kier molecular flexibility index (Phi) is 5.23. The lowest BCUT2D eigenvalue weighted by Crippen LogP contribution is -2.14. The Hall–Kier alpha value is -2.77. The Bertz CT molecular complexity index is 1250. The summed E-state index contributed by atoms with van der Waals surface area (Å²) in [6.07, 6.45) is 6.18. The molecule has 0 fully saturated rings. The predicted molar refractivity (Wildman–Crippen MR) is 119 cm³/mol. The third kappa shape index (κ3) is 3.59. The molecule has 150 valence electrons. The number of nitrogens with one attached hydrogen (secondary N) is 1. The van der Waals surface area contributed by atoms with Crippen LogP contribution in [0.25, 0.3) is 10.2 Å². The molecule has 0 unspecified atom stereocenters. The second kappa shape index (κ2) is 8.16. The molecule has 0 atom stereocenters. The summed E-state index contributed by atoms with van der Waals surface area (Å²) in [5.41, 5.74) is 2.03. The van der Waals surface area contributed by atoms with Crippen LogP contribution in [0, 0.1) is 5.82 Å².